The first-order valence-electron chi connectivity index (χ1n) is 6.41. The summed E-state index contributed by atoms with van der Waals surface area (Å²) in [5.41, 5.74) is 0.395. The summed E-state index contributed by atoms with van der Waals surface area (Å²) in [6, 6.07) is 0. The van der Waals surface area contributed by atoms with E-state index in [2.05, 4.69) is 10.0 Å². The topological polar surface area (TPSA) is 113 Å². The number of hydrogen-bond acceptors (Lipinski definition) is 5. The first-order chi connectivity index (χ1) is 9.83. The van der Waals surface area contributed by atoms with Gasteiger partial charge in [-0.1, -0.05) is 0 Å². The second-order valence-electron chi connectivity index (χ2n) is 4.85. The molecule has 1 saturated carbocycles. The maximum atomic E-state index is 12.1. The van der Waals surface area contributed by atoms with Crippen molar-refractivity contribution in [2.24, 2.45) is 5.92 Å². The van der Waals surface area contributed by atoms with Gasteiger partial charge in [0.2, 0.25) is 15.9 Å². The van der Waals surface area contributed by atoms with Crippen LogP contribution in [0.1, 0.15) is 28.1 Å². The second kappa shape index (κ2) is 6.12. The van der Waals surface area contributed by atoms with Crippen molar-refractivity contribution >= 4 is 33.2 Å². The molecular weight excluding hydrogens is 316 g/mol. The summed E-state index contributed by atoms with van der Waals surface area (Å²) in [7, 11) is -3.90. The number of aromatic carboxylic acids is 1. The average Bonchev–Trinajstić information content (AvgIpc) is 3.16. The number of aryl methyl sites for hydroxylation is 1. The van der Waals surface area contributed by atoms with Crippen molar-refractivity contribution in [2.45, 2.75) is 24.7 Å². The Morgan fingerprint density at radius 1 is 1.38 bits per heavy atom. The van der Waals surface area contributed by atoms with Gasteiger partial charge in [0.15, 0.2) is 0 Å². The molecule has 9 heteroatoms. The summed E-state index contributed by atoms with van der Waals surface area (Å²) in [5, 5.41) is 13.1. The molecule has 0 aliphatic heterocycles. The Morgan fingerprint density at radius 3 is 2.62 bits per heavy atom. The van der Waals surface area contributed by atoms with Crippen LogP contribution >= 0.6 is 11.3 Å². The predicted octanol–water partition coefficient (Wildman–Crippen LogP) is 0.559. The van der Waals surface area contributed by atoms with Gasteiger partial charge in [-0.15, -0.1) is 11.3 Å². The number of carbonyl (C=O) groups is 2. The summed E-state index contributed by atoms with van der Waals surface area (Å²) in [6.45, 7) is 1.75. The third kappa shape index (κ3) is 3.80. The first-order valence-corrected chi connectivity index (χ1v) is 8.78. The average molecular weight is 332 g/mol. The summed E-state index contributed by atoms with van der Waals surface area (Å²) in [5.74, 6) is -1.26. The van der Waals surface area contributed by atoms with E-state index in [9.17, 15) is 18.0 Å². The Kier molecular flexibility index (Phi) is 4.64. The van der Waals surface area contributed by atoms with E-state index in [1.807, 2.05) is 0 Å². The molecule has 3 N–H and O–H groups in total. The molecule has 0 unspecified atom stereocenters. The lowest BCUT2D eigenvalue weighted by Crippen LogP contribution is -2.35. The summed E-state index contributed by atoms with van der Waals surface area (Å²) >= 11 is 0.879. The summed E-state index contributed by atoms with van der Waals surface area (Å²) < 4.78 is 26.6. The highest BCUT2D eigenvalue weighted by molar-refractivity contribution is 7.89. The number of rotatable bonds is 7. The lowest BCUT2D eigenvalue weighted by atomic mass is 10.3. The van der Waals surface area contributed by atoms with Gasteiger partial charge in [0, 0.05) is 19.0 Å². The van der Waals surface area contributed by atoms with E-state index >= 15 is 0 Å². The molecule has 1 aromatic rings. The number of carboxylic acid groups (broad SMARTS) is 1. The Labute approximate surface area is 126 Å². The molecule has 0 atom stereocenters. The van der Waals surface area contributed by atoms with Crippen LogP contribution in [0.3, 0.4) is 0 Å². The van der Waals surface area contributed by atoms with Crippen molar-refractivity contribution in [2.75, 3.05) is 13.1 Å². The predicted molar refractivity (Wildman–Crippen MR) is 76.9 cm³/mol. The maximum Gasteiger partial charge on any atom is 0.347 e. The Hall–Kier alpha value is -1.45. The lowest BCUT2D eigenvalue weighted by Gasteiger charge is -2.08. The van der Waals surface area contributed by atoms with Gasteiger partial charge in [-0.2, -0.15) is 0 Å². The Morgan fingerprint density at radius 2 is 2.05 bits per heavy atom. The SMILES string of the molecule is Cc1csc(C(=O)O)c1S(=O)(=O)NCCNC(=O)C1CC1. The fraction of sp³-hybridized carbons (Fsp3) is 0.500. The molecular formula is C12H16N2O5S2. The molecule has 1 aliphatic carbocycles. The molecule has 1 heterocycles. The van der Waals surface area contributed by atoms with Crippen molar-refractivity contribution in [1.29, 1.82) is 0 Å². The van der Waals surface area contributed by atoms with E-state index in [-0.39, 0.29) is 34.7 Å². The molecule has 0 radical (unpaired) electrons. The molecule has 1 amide bonds. The maximum absolute atomic E-state index is 12.1. The van der Waals surface area contributed by atoms with Gasteiger partial charge in [0.25, 0.3) is 0 Å². The number of thiophene rings is 1. The lowest BCUT2D eigenvalue weighted by molar-refractivity contribution is -0.122. The quantitative estimate of drug-likeness (QED) is 0.632. The second-order valence-corrected chi connectivity index (χ2v) is 7.43. The van der Waals surface area contributed by atoms with Crippen LogP contribution in [-0.4, -0.2) is 38.5 Å². The van der Waals surface area contributed by atoms with Crippen molar-refractivity contribution in [3.63, 3.8) is 0 Å². The van der Waals surface area contributed by atoms with Gasteiger partial charge in [-0.3, -0.25) is 4.79 Å². The van der Waals surface area contributed by atoms with Crippen molar-refractivity contribution < 1.29 is 23.1 Å². The highest BCUT2D eigenvalue weighted by atomic mass is 32.2. The minimum atomic E-state index is -3.90. The van der Waals surface area contributed by atoms with E-state index in [0.29, 0.717) is 5.56 Å². The van der Waals surface area contributed by atoms with Crippen LogP contribution in [0.15, 0.2) is 10.3 Å². The number of carboxylic acids is 1. The van der Waals surface area contributed by atoms with Crippen molar-refractivity contribution in [1.82, 2.24) is 10.0 Å². The Bertz CT molecular complexity index is 661. The van der Waals surface area contributed by atoms with E-state index in [0.717, 1.165) is 24.2 Å². The Balaban J connectivity index is 1.96. The number of carbonyl (C=O) groups excluding carboxylic acids is 1. The minimum absolute atomic E-state index is 0.0230. The van der Waals surface area contributed by atoms with E-state index in [1.165, 1.54) is 5.38 Å². The van der Waals surface area contributed by atoms with Crippen LogP contribution in [0.2, 0.25) is 0 Å². The number of nitrogens with one attached hydrogen (secondary N) is 2. The molecule has 1 aliphatic rings. The zero-order valence-corrected chi connectivity index (χ0v) is 13.0. The van der Waals surface area contributed by atoms with E-state index < -0.39 is 16.0 Å². The van der Waals surface area contributed by atoms with Crippen LogP contribution in [0, 0.1) is 12.8 Å². The molecule has 0 aromatic carbocycles. The van der Waals surface area contributed by atoms with Gasteiger partial charge in [0.05, 0.1) is 0 Å². The van der Waals surface area contributed by atoms with Crippen LogP contribution in [-0.2, 0) is 14.8 Å². The monoisotopic (exact) mass is 332 g/mol. The van der Waals surface area contributed by atoms with Crippen LogP contribution in [0.25, 0.3) is 0 Å². The highest BCUT2D eigenvalue weighted by Crippen LogP contribution is 2.28. The fourth-order valence-corrected chi connectivity index (χ4v) is 4.51. The highest BCUT2D eigenvalue weighted by Gasteiger charge is 2.29. The third-order valence-corrected chi connectivity index (χ3v) is 5.91. The summed E-state index contributed by atoms with van der Waals surface area (Å²) in [6.07, 6.45) is 1.77. The standard InChI is InChI=1S/C12H16N2O5S2/c1-7-6-20-9(12(16)17)10(7)21(18,19)14-5-4-13-11(15)8-2-3-8/h6,8,14H,2-5H2,1H3,(H,13,15)(H,16,17). The zero-order valence-electron chi connectivity index (χ0n) is 11.4. The fourth-order valence-electron chi connectivity index (χ4n) is 1.85. The van der Waals surface area contributed by atoms with Crippen LogP contribution in [0.5, 0.6) is 0 Å². The molecule has 0 bridgehead atoms. The number of hydrogen-bond donors (Lipinski definition) is 3. The zero-order chi connectivity index (χ0) is 15.6. The van der Waals surface area contributed by atoms with Crippen LogP contribution in [0.4, 0.5) is 0 Å². The van der Waals surface area contributed by atoms with Gasteiger partial charge in [0.1, 0.15) is 9.77 Å². The van der Waals surface area contributed by atoms with Crippen molar-refractivity contribution in [3.8, 4) is 0 Å². The normalized spacial score (nSPS) is 14.9. The molecule has 0 spiro atoms. The van der Waals surface area contributed by atoms with Gasteiger partial charge in [-0.25, -0.2) is 17.9 Å². The molecule has 1 aromatic heterocycles. The van der Waals surface area contributed by atoms with E-state index in [4.69, 9.17) is 5.11 Å². The first kappa shape index (κ1) is 15.9. The van der Waals surface area contributed by atoms with E-state index in [1.54, 1.807) is 6.92 Å². The number of amides is 1. The number of sulfonamides is 1. The molecule has 7 nitrogen and oxygen atoms in total. The molecule has 1 fully saturated rings. The molecule has 2 rings (SSSR count). The molecule has 0 saturated heterocycles. The molecule has 116 valence electrons. The van der Waals surface area contributed by atoms with Gasteiger partial charge in [-0.05, 0) is 30.7 Å². The largest absolute Gasteiger partial charge is 0.477 e. The van der Waals surface area contributed by atoms with Crippen LogP contribution < -0.4 is 10.0 Å². The van der Waals surface area contributed by atoms with Crippen molar-refractivity contribution in [3.05, 3.63) is 15.8 Å². The van der Waals surface area contributed by atoms with Gasteiger partial charge < -0.3 is 10.4 Å². The smallest absolute Gasteiger partial charge is 0.347 e. The summed E-state index contributed by atoms with van der Waals surface area (Å²) in [4.78, 5) is 22.0. The molecule has 21 heavy (non-hydrogen) atoms. The third-order valence-electron chi connectivity index (χ3n) is 3.05. The van der Waals surface area contributed by atoms with Gasteiger partial charge >= 0.3 is 5.97 Å². The minimum Gasteiger partial charge on any atom is -0.477 e.